The summed E-state index contributed by atoms with van der Waals surface area (Å²) in [5, 5.41) is 0.274. The number of allylic oxidation sites excluding steroid dienone is 1. The monoisotopic (exact) mass is 694 g/mol. The topological polar surface area (TPSA) is 97.6 Å². The largest absolute Gasteiger partial charge is 0.493 e. The zero-order valence-corrected chi connectivity index (χ0v) is 29.0. The van der Waals surface area contributed by atoms with Crippen LogP contribution in [0.25, 0.3) is 6.08 Å². The fourth-order valence-corrected chi connectivity index (χ4v) is 6.59. The maximum Gasteiger partial charge on any atom is 0.338 e. The number of aromatic nitrogens is 1. The van der Waals surface area contributed by atoms with Crippen molar-refractivity contribution in [2.75, 3.05) is 20.3 Å². The van der Waals surface area contributed by atoms with Gasteiger partial charge in [-0.25, -0.2) is 14.2 Å². The molecular weight excluding hydrogens is 659 g/mol. The first-order chi connectivity index (χ1) is 23.0. The van der Waals surface area contributed by atoms with E-state index in [1.165, 1.54) is 35.1 Å². The number of hydrogen-bond donors (Lipinski definition) is 0. The molecule has 48 heavy (non-hydrogen) atoms. The Balaban J connectivity index is 1.60. The second-order valence-electron chi connectivity index (χ2n) is 11.1. The van der Waals surface area contributed by atoms with Gasteiger partial charge >= 0.3 is 5.97 Å². The molecule has 12 heteroatoms. The molecule has 1 atom stereocenters. The van der Waals surface area contributed by atoms with Gasteiger partial charge in [-0.05, 0) is 93.8 Å². The minimum absolute atomic E-state index is 0.0909. The Morgan fingerprint density at radius 1 is 1.04 bits per heavy atom. The lowest BCUT2D eigenvalue weighted by molar-refractivity contribution is -0.139. The van der Waals surface area contributed by atoms with Gasteiger partial charge in [-0.15, -0.1) is 0 Å². The third-order valence-electron chi connectivity index (χ3n) is 7.31. The molecule has 5 rings (SSSR count). The zero-order valence-electron chi connectivity index (χ0n) is 27.5. The first kappa shape index (κ1) is 34.7. The Hall–Kier alpha value is -4.61. The second kappa shape index (κ2) is 15.1. The van der Waals surface area contributed by atoms with Crippen molar-refractivity contribution < 1.29 is 32.9 Å². The van der Waals surface area contributed by atoms with Gasteiger partial charge < -0.3 is 23.7 Å². The van der Waals surface area contributed by atoms with Crippen LogP contribution in [0.1, 0.15) is 57.4 Å². The van der Waals surface area contributed by atoms with Gasteiger partial charge in [0.15, 0.2) is 27.8 Å². The zero-order chi connectivity index (χ0) is 34.5. The quantitative estimate of drug-likeness (QED) is 0.159. The highest BCUT2D eigenvalue weighted by molar-refractivity contribution is 7.07. The van der Waals surface area contributed by atoms with Crippen LogP contribution in [0.4, 0.5) is 4.39 Å². The summed E-state index contributed by atoms with van der Waals surface area (Å²) < 4.78 is 44.0. The number of methoxy groups -OCH3 is 1. The molecule has 0 unspecified atom stereocenters. The number of hydrogen-bond acceptors (Lipinski definition) is 9. The van der Waals surface area contributed by atoms with Crippen molar-refractivity contribution >= 4 is 35.0 Å². The normalized spacial score (nSPS) is 14.4. The lowest BCUT2D eigenvalue weighted by Crippen LogP contribution is -2.40. The molecule has 1 aliphatic rings. The van der Waals surface area contributed by atoms with E-state index in [1.54, 1.807) is 62.4 Å². The number of thiazole rings is 1. The highest BCUT2D eigenvalue weighted by Gasteiger charge is 2.34. The molecule has 1 aliphatic heterocycles. The average Bonchev–Trinajstić information content (AvgIpc) is 3.34. The SMILES string of the molecule is CCOC(=O)C1=C(C)N=c2s/c(=C\c3cc(Cl)c(OCc4ccc(F)cc4)c(OCC)c3)c(=O)n2[C@H]1c1ccc(OC(C)C)c(OC)c1. The number of ether oxygens (including phenoxy) is 5. The van der Waals surface area contributed by atoms with E-state index in [1.807, 2.05) is 20.8 Å². The highest BCUT2D eigenvalue weighted by Crippen LogP contribution is 2.38. The summed E-state index contributed by atoms with van der Waals surface area (Å²) in [4.78, 5) is 32.6. The van der Waals surface area contributed by atoms with Gasteiger partial charge in [0, 0.05) is 0 Å². The second-order valence-corrected chi connectivity index (χ2v) is 12.5. The van der Waals surface area contributed by atoms with Crippen LogP contribution in [-0.2, 0) is 16.1 Å². The standard InChI is InChI=1S/C36H36ClFN2O7S/c1-7-44-29-16-23(15-26(37)33(29)46-19-22-9-12-25(38)13-10-22)17-30-34(41)40-32(24-11-14-27(47-20(3)4)28(18-24)43-6)31(35(42)45-8-2)21(5)39-36(40)48-30/h9-18,20,32H,7-8,19H2,1-6H3/b30-17-/t32-/m0/s1. The van der Waals surface area contributed by atoms with Gasteiger partial charge in [-0.1, -0.05) is 41.1 Å². The lowest BCUT2D eigenvalue weighted by atomic mass is 9.95. The molecule has 0 aliphatic carbocycles. The third-order valence-corrected chi connectivity index (χ3v) is 8.57. The molecule has 0 saturated carbocycles. The van der Waals surface area contributed by atoms with Gasteiger partial charge in [-0.3, -0.25) is 9.36 Å². The van der Waals surface area contributed by atoms with E-state index in [9.17, 15) is 14.0 Å². The number of halogens is 2. The number of rotatable bonds is 12. The predicted molar refractivity (Wildman–Crippen MR) is 183 cm³/mol. The molecule has 252 valence electrons. The molecule has 9 nitrogen and oxygen atoms in total. The Morgan fingerprint density at radius 3 is 2.46 bits per heavy atom. The average molecular weight is 695 g/mol. The van der Waals surface area contributed by atoms with Crippen molar-refractivity contribution in [2.45, 2.75) is 53.4 Å². The first-order valence-corrected chi connectivity index (χ1v) is 16.6. The molecule has 0 N–H and O–H groups in total. The predicted octanol–water partition coefficient (Wildman–Crippen LogP) is 6.36. The van der Waals surface area contributed by atoms with Crippen molar-refractivity contribution in [1.82, 2.24) is 4.57 Å². The van der Waals surface area contributed by atoms with Crippen LogP contribution in [-0.4, -0.2) is 37.0 Å². The van der Waals surface area contributed by atoms with Crippen molar-refractivity contribution in [3.63, 3.8) is 0 Å². The number of benzene rings is 3. The molecule has 0 spiro atoms. The molecular formula is C36H36ClFN2O7S. The fraction of sp³-hybridized carbons (Fsp3) is 0.306. The van der Waals surface area contributed by atoms with Gasteiger partial charge in [0.25, 0.3) is 5.56 Å². The molecule has 0 saturated heterocycles. The Bertz CT molecular complexity index is 2040. The third kappa shape index (κ3) is 7.42. The van der Waals surface area contributed by atoms with Crippen LogP contribution in [0.2, 0.25) is 5.02 Å². The summed E-state index contributed by atoms with van der Waals surface area (Å²) in [7, 11) is 1.53. The van der Waals surface area contributed by atoms with E-state index in [0.717, 1.165) is 5.56 Å². The Labute approximate surface area is 286 Å². The molecule has 0 radical (unpaired) electrons. The van der Waals surface area contributed by atoms with E-state index in [-0.39, 0.29) is 41.3 Å². The van der Waals surface area contributed by atoms with Gasteiger partial charge in [0.05, 0.1) is 53.3 Å². The van der Waals surface area contributed by atoms with E-state index in [0.29, 0.717) is 55.8 Å². The van der Waals surface area contributed by atoms with E-state index >= 15 is 0 Å². The fourth-order valence-electron chi connectivity index (χ4n) is 5.27. The molecule has 1 aromatic heterocycles. The highest BCUT2D eigenvalue weighted by atomic mass is 35.5. The van der Waals surface area contributed by atoms with E-state index < -0.39 is 12.0 Å². The summed E-state index contributed by atoms with van der Waals surface area (Å²) in [6.45, 7) is 9.75. The minimum Gasteiger partial charge on any atom is -0.493 e. The molecule has 3 aromatic carbocycles. The van der Waals surface area contributed by atoms with Gasteiger partial charge in [0.2, 0.25) is 0 Å². The molecule has 0 fully saturated rings. The van der Waals surface area contributed by atoms with Gasteiger partial charge in [-0.2, -0.15) is 0 Å². The first-order valence-electron chi connectivity index (χ1n) is 15.4. The summed E-state index contributed by atoms with van der Waals surface area (Å²) >= 11 is 7.87. The van der Waals surface area contributed by atoms with Crippen LogP contribution in [0.5, 0.6) is 23.0 Å². The smallest absolute Gasteiger partial charge is 0.338 e. The number of carbonyl (C=O) groups excluding carboxylic acids is 1. The Kier molecular flexibility index (Phi) is 10.9. The minimum atomic E-state index is -0.839. The van der Waals surface area contributed by atoms with Crippen LogP contribution in [0, 0.1) is 5.82 Å². The van der Waals surface area contributed by atoms with Crippen LogP contribution in [0.3, 0.4) is 0 Å². The van der Waals surface area contributed by atoms with E-state index in [4.69, 9.17) is 35.3 Å². The van der Waals surface area contributed by atoms with Gasteiger partial charge in [0.1, 0.15) is 12.4 Å². The number of esters is 1. The maximum absolute atomic E-state index is 14.2. The Morgan fingerprint density at radius 2 is 1.79 bits per heavy atom. The molecule has 0 amide bonds. The molecule has 2 heterocycles. The summed E-state index contributed by atoms with van der Waals surface area (Å²) in [6.07, 6.45) is 1.61. The number of nitrogens with zero attached hydrogens (tertiary/aromatic N) is 2. The van der Waals surface area contributed by atoms with Crippen LogP contribution >= 0.6 is 22.9 Å². The van der Waals surface area contributed by atoms with Crippen LogP contribution in [0.15, 0.2) is 75.7 Å². The summed E-state index contributed by atoms with van der Waals surface area (Å²) in [6, 6.07) is 13.9. The molecule has 4 aromatic rings. The maximum atomic E-state index is 14.2. The summed E-state index contributed by atoms with van der Waals surface area (Å²) in [5.41, 5.74) is 2.31. The van der Waals surface area contributed by atoms with Crippen molar-refractivity contribution in [3.8, 4) is 23.0 Å². The molecule has 0 bridgehead atoms. The van der Waals surface area contributed by atoms with E-state index in [2.05, 4.69) is 4.99 Å². The lowest BCUT2D eigenvalue weighted by Gasteiger charge is -2.25. The van der Waals surface area contributed by atoms with Crippen molar-refractivity contribution in [3.05, 3.63) is 113 Å². The van der Waals surface area contributed by atoms with Crippen molar-refractivity contribution in [2.24, 2.45) is 4.99 Å². The van der Waals surface area contributed by atoms with Crippen molar-refractivity contribution in [1.29, 1.82) is 0 Å². The summed E-state index contributed by atoms with van der Waals surface area (Å²) in [5.74, 6) is 0.808. The number of fused-ring (bicyclic) bond motifs is 1. The van der Waals surface area contributed by atoms with Crippen LogP contribution < -0.4 is 33.8 Å². The number of carbonyl (C=O) groups is 1.